The molecule has 1 fully saturated rings. The standard InChI is InChI=1S/C22H24N2O4S/c25-22(23-13-18-9-6-12-28-18)15-24-14-21(19-10-4-5-11-20(19)24)29(26,27)16-17-7-2-1-3-8-17/h1-5,7-8,10-11,14,18H,6,9,12-13,15-16H2,(H,23,25)/t18-/m1/s1. The van der Waals surface area contributed by atoms with Gasteiger partial charge in [-0.1, -0.05) is 48.5 Å². The predicted octanol–water partition coefficient (Wildman–Crippen LogP) is 2.91. The lowest BCUT2D eigenvalue weighted by molar-refractivity contribution is -0.122. The molecule has 1 amide bonds. The number of aromatic nitrogens is 1. The maximum absolute atomic E-state index is 13.1. The summed E-state index contributed by atoms with van der Waals surface area (Å²) >= 11 is 0. The molecule has 1 N–H and O–H groups in total. The first-order chi connectivity index (χ1) is 14.0. The average molecular weight is 413 g/mol. The summed E-state index contributed by atoms with van der Waals surface area (Å²) in [6.45, 7) is 1.29. The molecule has 1 aromatic heterocycles. The van der Waals surface area contributed by atoms with Gasteiger partial charge < -0.3 is 14.6 Å². The maximum atomic E-state index is 13.1. The molecule has 29 heavy (non-hydrogen) atoms. The Morgan fingerprint density at radius 3 is 2.62 bits per heavy atom. The Morgan fingerprint density at radius 2 is 1.86 bits per heavy atom. The van der Waals surface area contributed by atoms with E-state index in [9.17, 15) is 13.2 Å². The number of rotatable bonds is 7. The van der Waals surface area contributed by atoms with E-state index in [2.05, 4.69) is 5.32 Å². The SMILES string of the molecule is O=C(Cn1cc(S(=O)(=O)Cc2ccccc2)c2ccccc21)NC[C@H]1CCCO1. The third kappa shape index (κ3) is 4.52. The van der Waals surface area contributed by atoms with Crippen LogP contribution in [0.5, 0.6) is 0 Å². The Kier molecular flexibility index (Phi) is 5.69. The fraction of sp³-hybridized carbons (Fsp3) is 0.318. The lowest BCUT2D eigenvalue weighted by Gasteiger charge is -2.11. The highest BCUT2D eigenvalue weighted by atomic mass is 32.2. The Balaban J connectivity index is 1.57. The second kappa shape index (κ2) is 8.39. The number of fused-ring (bicyclic) bond motifs is 1. The molecule has 2 heterocycles. The molecule has 0 spiro atoms. The fourth-order valence-corrected chi connectivity index (χ4v) is 5.29. The highest BCUT2D eigenvalue weighted by Gasteiger charge is 2.23. The Hall–Kier alpha value is -2.64. The maximum Gasteiger partial charge on any atom is 0.240 e. The zero-order chi connectivity index (χ0) is 20.3. The summed E-state index contributed by atoms with van der Waals surface area (Å²) in [5.41, 5.74) is 1.46. The molecular formula is C22H24N2O4S. The summed E-state index contributed by atoms with van der Waals surface area (Å²) < 4.78 is 33.4. The molecule has 7 heteroatoms. The molecule has 3 aromatic rings. The topological polar surface area (TPSA) is 77.4 Å². The predicted molar refractivity (Wildman–Crippen MR) is 111 cm³/mol. The van der Waals surface area contributed by atoms with Crippen molar-refractivity contribution in [2.45, 2.75) is 36.1 Å². The molecule has 0 aliphatic carbocycles. The van der Waals surface area contributed by atoms with Gasteiger partial charge in [0.1, 0.15) is 6.54 Å². The van der Waals surface area contributed by atoms with Gasteiger partial charge in [0.05, 0.1) is 16.8 Å². The van der Waals surface area contributed by atoms with Crippen LogP contribution in [0.1, 0.15) is 18.4 Å². The third-order valence-electron chi connectivity index (χ3n) is 5.15. The van der Waals surface area contributed by atoms with E-state index in [0.29, 0.717) is 11.9 Å². The quantitative estimate of drug-likeness (QED) is 0.647. The first-order valence-electron chi connectivity index (χ1n) is 9.76. The molecule has 2 aromatic carbocycles. The summed E-state index contributed by atoms with van der Waals surface area (Å²) in [5, 5.41) is 3.53. The Morgan fingerprint density at radius 1 is 1.10 bits per heavy atom. The number of ether oxygens (including phenoxy) is 1. The lowest BCUT2D eigenvalue weighted by atomic mass is 10.2. The van der Waals surface area contributed by atoms with Crippen LogP contribution in [0.3, 0.4) is 0 Å². The average Bonchev–Trinajstić information content (AvgIpc) is 3.36. The van der Waals surface area contributed by atoms with E-state index in [1.165, 1.54) is 0 Å². The van der Waals surface area contributed by atoms with Gasteiger partial charge in [-0.3, -0.25) is 4.79 Å². The van der Waals surface area contributed by atoms with Crippen LogP contribution < -0.4 is 5.32 Å². The van der Waals surface area contributed by atoms with E-state index in [1.54, 1.807) is 29.0 Å². The van der Waals surface area contributed by atoms with Crippen LogP contribution in [0.2, 0.25) is 0 Å². The minimum atomic E-state index is -3.55. The molecular weight excluding hydrogens is 388 g/mol. The first kappa shape index (κ1) is 19.7. The van der Waals surface area contributed by atoms with Crippen molar-refractivity contribution in [2.24, 2.45) is 0 Å². The Labute approximate surface area is 170 Å². The van der Waals surface area contributed by atoms with E-state index in [1.807, 2.05) is 36.4 Å². The number of carbonyl (C=O) groups excluding carboxylic acids is 1. The zero-order valence-electron chi connectivity index (χ0n) is 16.1. The van der Waals surface area contributed by atoms with Crippen molar-refractivity contribution in [1.82, 2.24) is 9.88 Å². The van der Waals surface area contributed by atoms with Crippen molar-refractivity contribution in [1.29, 1.82) is 0 Å². The summed E-state index contributed by atoms with van der Waals surface area (Å²) in [5.74, 6) is -0.235. The van der Waals surface area contributed by atoms with E-state index < -0.39 is 9.84 Å². The fourth-order valence-electron chi connectivity index (χ4n) is 3.71. The summed E-state index contributed by atoms with van der Waals surface area (Å²) in [6, 6.07) is 16.4. The second-order valence-corrected chi connectivity index (χ2v) is 9.28. The molecule has 0 bridgehead atoms. The van der Waals surface area contributed by atoms with Crippen LogP contribution >= 0.6 is 0 Å². The van der Waals surface area contributed by atoms with Crippen LogP contribution in [0.25, 0.3) is 10.9 Å². The number of benzene rings is 2. The molecule has 0 unspecified atom stereocenters. The molecule has 1 aliphatic rings. The van der Waals surface area contributed by atoms with Crippen molar-refractivity contribution in [2.75, 3.05) is 13.2 Å². The molecule has 1 atom stereocenters. The van der Waals surface area contributed by atoms with E-state index in [-0.39, 0.29) is 29.2 Å². The first-order valence-corrected chi connectivity index (χ1v) is 11.4. The normalized spacial score (nSPS) is 16.9. The molecule has 0 saturated carbocycles. The number of nitrogens with zero attached hydrogens (tertiary/aromatic N) is 1. The number of amides is 1. The number of hydrogen-bond acceptors (Lipinski definition) is 4. The van der Waals surface area contributed by atoms with Crippen molar-refractivity contribution < 1.29 is 17.9 Å². The van der Waals surface area contributed by atoms with Crippen molar-refractivity contribution in [3.63, 3.8) is 0 Å². The van der Waals surface area contributed by atoms with E-state index in [0.717, 1.165) is 30.5 Å². The van der Waals surface area contributed by atoms with Gasteiger partial charge in [0.15, 0.2) is 9.84 Å². The van der Waals surface area contributed by atoms with Gasteiger partial charge in [0.25, 0.3) is 0 Å². The minimum Gasteiger partial charge on any atom is -0.376 e. The summed E-state index contributed by atoms with van der Waals surface area (Å²) in [7, 11) is -3.55. The van der Waals surface area contributed by atoms with E-state index >= 15 is 0 Å². The highest BCUT2D eigenvalue weighted by Crippen LogP contribution is 2.28. The lowest BCUT2D eigenvalue weighted by Crippen LogP contribution is -2.34. The molecule has 1 saturated heterocycles. The Bertz CT molecular complexity index is 1100. The van der Waals surface area contributed by atoms with Gasteiger partial charge in [0, 0.05) is 30.3 Å². The summed E-state index contributed by atoms with van der Waals surface area (Å²) in [4.78, 5) is 12.7. The third-order valence-corrected chi connectivity index (χ3v) is 6.86. The van der Waals surface area contributed by atoms with Crippen LogP contribution in [-0.2, 0) is 31.7 Å². The van der Waals surface area contributed by atoms with Crippen LogP contribution in [0, 0.1) is 0 Å². The van der Waals surface area contributed by atoms with Gasteiger partial charge in [-0.15, -0.1) is 0 Å². The van der Waals surface area contributed by atoms with Gasteiger partial charge in [-0.05, 0) is 24.5 Å². The molecule has 1 aliphatic heterocycles. The van der Waals surface area contributed by atoms with Crippen LogP contribution in [-0.4, -0.2) is 38.1 Å². The van der Waals surface area contributed by atoms with Crippen molar-refractivity contribution in [3.05, 3.63) is 66.4 Å². The van der Waals surface area contributed by atoms with Gasteiger partial charge in [0.2, 0.25) is 5.91 Å². The van der Waals surface area contributed by atoms with Crippen molar-refractivity contribution >= 4 is 26.6 Å². The van der Waals surface area contributed by atoms with Gasteiger partial charge in [-0.2, -0.15) is 0 Å². The largest absolute Gasteiger partial charge is 0.376 e. The molecule has 6 nitrogen and oxygen atoms in total. The van der Waals surface area contributed by atoms with Crippen LogP contribution in [0.4, 0.5) is 0 Å². The second-order valence-electron chi connectivity index (χ2n) is 7.32. The van der Waals surface area contributed by atoms with Crippen LogP contribution in [0.15, 0.2) is 65.7 Å². The number of sulfone groups is 1. The number of carbonyl (C=O) groups is 1. The number of para-hydroxylation sites is 1. The molecule has 0 radical (unpaired) electrons. The summed E-state index contributed by atoms with van der Waals surface area (Å²) in [6.07, 6.45) is 3.62. The smallest absolute Gasteiger partial charge is 0.240 e. The highest BCUT2D eigenvalue weighted by molar-refractivity contribution is 7.90. The van der Waals surface area contributed by atoms with Crippen molar-refractivity contribution in [3.8, 4) is 0 Å². The molecule has 4 rings (SSSR count). The minimum absolute atomic E-state index is 0.0636. The van der Waals surface area contributed by atoms with Gasteiger partial charge >= 0.3 is 0 Å². The number of nitrogens with one attached hydrogen (secondary N) is 1. The monoisotopic (exact) mass is 412 g/mol. The number of hydrogen-bond donors (Lipinski definition) is 1. The van der Waals surface area contributed by atoms with Gasteiger partial charge in [-0.25, -0.2) is 8.42 Å². The van der Waals surface area contributed by atoms with E-state index in [4.69, 9.17) is 4.74 Å². The zero-order valence-corrected chi connectivity index (χ0v) is 16.9. The molecule has 152 valence electrons.